The molecule has 19 heavy (non-hydrogen) atoms. The van der Waals surface area contributed by atoms with Gasteiger partial charge >= 0.3 is 0 Å². The molecule has 3 heteroatoms. The number of rotatable bonds is 2. The lowest BCUT2D eigenvalue weighted by Crippen LogP contribution is -2.23. The summed E-state index contributed by atoms with van der Waals surface area (Å²) < 4.78 is 11.1. The van der Waals surface area contributed by atoms with E-state index in [4.69, 9.17) is 15.2 Å². The van der Waals surface area contributed by atoms with Gasteiger partial charge in [0.1, 0.15) is 5.76 Å². The van der Waals surface area contributed by atoms with Crippen LogP contribution < -0.4 is 5.73 Å². The van der Waals surface area contributed by atoms with Gasteiger partial charge in [-0.1, -0.05) is 26.8 Å². The van der Waals surface area contributed by atoms with Crippen LogP contribution in [0.15, 0.2) is 34.8 Å². The molecule has 0 spiro atoms. The molecule has 4 unspecified atom stereocenters. The molecule has 0 amide bonds. The van der Waals surface area contributed by atoms with E-state index in [0.717, 1.165) is 17.9 Å². The van der Waals surface area contributed by atoms with E-state index in [0.29, 0.717) is 17.8 Å². The second kappa shape index (κ2) is 5.41. The van der Waals surface area contributed by atoms with E-state index in [1.54, 1.807) is 14.2 Å². The Hall–Kier alpha value is -1.22. The van der Waals surface area contributed by atoms with Crippen molar-refractivity contribution in [2.45, 2.75) is 33.3 Å². The predicted octanol–water partition coefficient (Wildman–Crippen LogP) is 3.00. The van der Waals surface area contributed by atoms with Gasteiger partial charge in [0.05, 0.1) is 13.2 Å². The molecule has 0 fully saturated rings. The molecular weight excluding hydrogens is 238 g/mol. The number of methoxy groups -OCH3 is 2. The van der Waals surface area contributed by atoms with Crippen molar-refractivity contribution < 1.29 is 9.47 Å². The van der Waals surface area contributed by atoms with Crippen LogP contribution >= 0.6 is 0 Å². The Labute approximate surface area is 116 Å². The lowest BCUT2D eigenvalue weighted by molar-refractivity contribution is 0.132. The second-order valence-electron chi connectivity index (χ2n) is 5.73. The van der Waals surface area contributed by atoms with Crippen molar-refractivity contribution in [3.05, 3.63) is 34.8 Å². The van der Waals surface area contributed by atoms with Crippen molar-refractivity contribution in [1.82, 2.24) is 0 Å². The molecule has 4 atom stereocenters. The average Bonchev–Trinajstić information content (AvgIpc) is 2.50. The van der Waals surface area contributed by atoms with E-state index in [1.807, 2.05) is 0 Å². The highest BCUT2D eigenvalue weighted by Gasteiger charge is 2.33. The minimum absolute atomic E-state index is 0.0524. The molecule has 0 aliphatic heterocycles. The van der Waals surface area contributed by atoms with Gasteiger partial charge in [-0.05, 0) is 29.4 Å². The molecule has 0 heterocycles. The van der Waals surface area contributed by atoms with Gasteiger partial charge in [-0.15, -0.1) is 0 Å². The third-order valence-corrected chi connectivity index (χ3v) is 4.72. The van der Waals surface area contributed by atoms with Crippen LogP contribution in [0.25, 0.3) is 0 Å². The lowest BCUT2D eigenvalue weighted by atomic mass is 9.78. The number of ether oxygens (including phenoxy) is 2. The molecule has 2 aliphatic rings. The minimum Gasteiger partial charge on any atom is -0.497 e. The first-order chi connectivity index (χ1) is 8.99. The third-order valence-electron chi connectivity index (χ3n) is 4.72. The predicted molar refractivity (Wildman–Crippen MR) is 77.3 cm³/mol. The topological polar surface area (TPSA) is 44.5 Å². The van der Waals surface area contributed by atoms with Gasteiger partial charge in [0, 0.05) is 24.8 Å². The fourth-order valence-corrected chi connectivity index (χ4v) is 3.13. The molecule has 0 aromatic rings. The van der Waals surface area contributed by atoms with Crippen LogP contribution in [0.5, 0.6) is 0 Å². The van der Waals surface area contributed by atoms with E-state index in [9.17, 15) is 0 Å². The molecular formula is C16H25NO2. The van der Waals surface area contributed by atoms with E-state index >= 15 is 0 Å². The number of nitrogens with two attached hydrogens (primary N) is 1. The minimum atomic E-state index is 0.0524. The fraction of sp³-hybridized carbons (Fsp3) is 0.625. The van der Waals surface area contributed by atoms with Gasteiger partial charge in [-0.25, -0.2) is 0 Å². The summed E-state index contributed by atoms with van der Waals surface area (Å²) in [4.78, 5) is 0. The monoisotopic (exact) mass is 263 g/mol. The third kappa shape index (κ3) is 2.44. The van der Waals surface area contributed by atoms with Crippen LogP contribution in [0.2, 0.25) is 0 Å². The molecule has 0 aromatic heterocycles. The van der Waals surface area contributed by atoms with E-state index < -0.39 is 0 Å². The summed E-state index contributed by atoms with van der Waals surface area (Å²) in [6, 6.07) is 0. The summed E-state index contributed by atoms with van der Waals surface area (Å²) in [6.07, 6.45) is 5.15. The summed E-state index contributed by atoms with van der Waals surface area (Å²) in [5.74, 6) is 2.38. The highest BCUT2D eigenvalue weighted by atomic mass is 16.5. The zero-order valence-corrected chi connectivity index (χ0v) is 12.6. The van der Waals surface area contributed by atoms with Gasteiger partial charge in [0.15, 0.2) is 0 Å². The van der Waals surface area contributed by atoms with Crippen molar-refractivity contribution >= 4 is 0 Å². The van der Waals surface area contributed by atoms with E-state index in [1.165, 1.54) is 11.1 Å². The quantitative estimate of drug-likeness (QED) is 0.833. The number of hydrogen-bond acceptors (Lipinski definition) is 3. The largest absolute Gasteiger partial charge is 0.497 e. The van der Waals surface area contributed by atoms with Crippen molar-refractivity contribution in [3.8, 4) is 0 Å². The molecule has 0 saturated carbocycles. The summed E-state index contributed by atoms with van der Waals surface area (Å²) in [5.41, 5.74) is 9.66. The van der Waals surface area contributed by atoms with Crippen molar-refractivity contribution in [1.29, 1.82) is 0 Å². The van der Waals surface area contributed by atoms with Crippen LogP contribution in [-0.4, -0.2) is 20.3 Å². The molecule has 0 saturated heterocycles. The first-order valence-electron chi connectivity index (χ1n) is 6.99. The van der Waals surface area contributed by atoms with Crippen LogP contribution in [0.1, 0.15) is 27.2 Å². The van der Waals surface area contributed by atoms with Gasteiger partial charge in [0.2, 0.25) is 0 Å². The van der Waals surface area contributed by atoms with E-state index in [-0.39, 0.29) is 6.10 Å². The Morgan fingerprint density at radius 2 is 1.84 bits per heavy atom. The Bertz CT molecular complexity index is 448. The maximum atomic E-state index is 6.30. The highest BCUT2D eigenvalue weighted by molar-refractivity contribution is 5.48. The summed E-state index contributed by atoms with van der Waals surface area (Å²) in [5, 5.41) is 0. The molecule has 0 aromatic carbocycles. The van der Waals surface area contributed by atoms with Gasteiger partial charge in [-0.2, -0.15) is 0 Å². The first-order valence-corrected chi connectivity index (χ1v) is 6.99. The van der Waals surface area contributed by atoms with Crippen LogP contribution in [-0.2, 0) is 9.47 Å². The summed E-state index contributed by atoms with van der Waals surface area (Å²) >= 11 is 0. The zero-order chi connectivity index (χ0) is 14.2. The Morgan fingerprint density at radius 3 is 2.42 bits per heavy atom. The van der Waals surface area contributed by atoms with E-state index in [2.05, 4.69) is 32.9 Å². The van der Waals surface area contributed by atoms with Crippen molar-refractivity contribution in [2.24, 2.45) is 23.5 Å². The van der Waals surface area contributed by atoms with Gasteiger partial charge < -0.3 is 15.2 Å². The molecule has 106 valence electrons. The molecule has 2 aliphatic carbocycles. The first kappa shape index (κ1) is 14.2. The zero-order valence-electron chi connectivity index (χ0n) is 12.6. The second-order valence-corrected chi connectivity index (χ2v) is 5.73. The maximum absolute atomic E-state index is 6.30. The number of hydrogen-bond donors (Lipinski definition) is 1. The molecule has 3 nitrogen and oxygen atoms in total. The van der Waals surface area contributed by atoms with Gasteiger partial charge in [-0.3, -0.25) is 0 Å². The fourth-order valence-electron chi connectivity index (χ4n) is 3.13. The molecule has 0 bridgehead atoms. The van der Waals surface area contributed by atoms with Crippen LogP contribution in [0.3, 0.4) is 0 Å². The van der Waals surface area contributed by atoms with Crippen molar-refractivity contribution in [3.63, 3.8) is 0 Å². The average molecular weight is 263 g/mol. The maximum Gasteiger partial charge on any atom is 0.121 e. The standard InChI is InChI=1S/C16H25NO2/c1-9-6-14(17)13-7-12(18-4)8-15(19-5)16(13)11(3)10(9)2/h6,8-12H,7,17H2,1-5H3. The van der Waals surface area contributed by atoms with Gasteiger partial charge in [0.25, 0.3) is 0 Å². The normalized spacial score (nSPS) is 35.2. The van der Waals surface area contributed by atoms with Crippen LogP contribution in [0, 0.1) is 17.8 Å². The van der Waals surface area contributed by atoms with Crippen LogP contribution in [0.4, 0.5) is 0 Å². The van der Waals surface area contributed by atoms with Crippen molar-refractivity contribution in [2.75, 3.05) is 14.2 Å². The summed E-state index contributed by atoms with van der Waals surface area (Å²) in [6.45, 7) is 6.78. The molecule has 0 radical (unpaired) electrons. The Kier molecular flexibility index (Phi) is 4.04. The smallest absolute Gasteiger partial charge is 0.121 e. The Balaban J connectivity index is 2.52. The highest BCUT2D eigenvalue weighted by Crippen LogP contribution is 2.42. The number of allylic oxidation sites excluding steroid dienone is 3. The molecule has 2 N–H and O–H groups in total. The lowest BCUT2D eigenvalue weighted by Gasteiger charge is -2.30. The summed E-state index contributed by atoms with van der Waals surface area (Å²) in [7, 11) is 3.45. The SMILES string of the molecule is COC1=CC(OC)CC2=C1C(C)C(C)C(C)C=C2N. The molecule has 2 rings (SSSR count). The Morgan fingerprint density at radius 1 is 1.16 bits per heavy atom.